The van der Waals surface area contributed by atoms with Gasteiger partial charge in [-0.1, -0.05) is 36.4 Å². The summed E-state index contributed by atoms with van der Waals surface area (Å²) in [6.45, 7) is 2.48. The predicted molar refractivity (Wildman–Crippen MR) is 113 cm³/mol. The first-order valence-electron chi connectivity index (χ1n) is 10.7. The minimum Gasteiger partial charge on any atom is -0.470 e. The van der Waals surface area contributed by atoms with Crippen molar-refractivity contribution in [3.63, 3.8) is 0 Å². The predicted octanol–water partition coefficient (Wildman–Crippen LogP) is 4.83. The van der Waals surface area contributed by atoms with Crippen LogP contribution in [-0.4, -0.2) is 24.8 Å². The number of hydrogen-bond donors (Lipinski definition) is 0. The Hall–Kier alpha value is -3.28. The highest BCUT2D eigenvalue weighted by Gasteiger charge is 2.39. The SMILES string of the molecule is Cc1cccnc1COc1nn2c(-c3ccccc3)nnc2c2c1C1CCC2CC1. The summed E-state index contributed by atoms with van der Waals surface area (Å²) < 4.78 is 8.23. The maximum absolute atomic E-state index is 6.34. The molecule has 0 saturated heterocycles. The van der Waals surface area contributed by atoms with E-state index < -0.39 is 0 Å². The number of pyridine rings is 1. The first-order valence-corrected chi connectivity index (χ1v) is 10.7. The molecule has 0 spiro atoms. The third-order valence-electron chi connectivity index (χ3n) is 6.63. The van der Waals surface area contributed by atoms with Crippen LogP contribution in [-0.2, 0) is 6.61 Å². The average Bonchev–Trinajstić information content (AvgIpc) is 3.23. The second-order valence-corrected chi connectivity index (χ2v) is 8.36. The molecule has 30 heavy (non-hydrogen) atoms. The normalized spacial score (nSPS) is 19.8. The van der Waals surface area contributed by atoms with Gasteiger partial charge in [-0.15, -0.1) is 15.3 Å². The molecule has 0 atom stereocenters. The van der Waals surface area contributed by atoms with Crippen molar-refractivity contribution < 1.29 is 4.74 Å². The average molecular weight is 397 g/mol. The summed E-state index contributed by atoms with van der Waals surface area (Å²) in [5.74, 6) is 2.49. The van der Waals surface area contributed by atoms with E-state index in [0.29, 0.717) is 24.3 Å². The van der Waals surface area contributed by atoms with Crippen LogP contribution in [0.4, 0.5) is 0 Å². The first-order chi connectivity index (χ1) is 14.8. The van der Waals surface area contributed by atoms with E-state index in [9.17, 15) is 0 Å². The van der Waals surface area contributed by atoms with Crippen molar-refractivity contribution >= 4 is 5.65 Å². The summed E-state index contributed by atoms with van der Waals surface area (Å²) in [6, 6.07) is 14.1. The van der Waals surface area contributed by atoms with Gasteiger partial charge in [0, 0.05) is 22.9 Å². The summed E-state index contributed by atoms with van der Waals surface area (Å²) in [7, 11) is 0. The topological polar surface area (TPSA) is 65.2 Å². The lowest BCUT2D eigenvalue weighted by molar-refractivity contribution is 0.264. The molecule has 3 aliphatic carbocycles. The molecule has 1 saturated carbocycles. The van der Waals surface area contributed by atoms with Crippen molar-refractivity contribution in [2.45, 2.75) is 51.0 Å². The molecule has 3 aliphatic rings. The first kappa shape index (κ1) is 17.6. The number of rotatable bonds is 4. The molecular weight excluding hydrogens is 374 g/mol. The Kier molecular flexibility index (Phi) is 4.04. The van der Waals surface area contributed by atoms with Gasteiger partial charge in [-0.25, -0.2) is 0 Å². The summed E-state index contributed by atoms with van der Waals surface area (Å²) in [4.78, 5) is 4.49. The van der Waals surface area contributed by atoms with Crippen molar-refractivity contribution in [2.75, 3.05) is 0 Å². The summed E-state index contributed by atoms with van der Waals surface area (Å²) in [6.07, 6.45) is 6.64. The van der Waals surface area contributed by atoms with E-state index in [4.69, 9.17) is 9.84 Å². The molecule has 4 aromatic rings. The van der Waals surface area contributed by atoms with Gasteiger partial charge in [0.05, 0.1) is 5.69 Å². The van der Waals surface area contributed by atoms with E-state index in [1.807, 2.05) is 47.1 Å². The smallest absolute Gasteiger partial charge is 0.236 e. The quantitative estimate of drug-likeness (QED) is 0.493. The number of fused-ring (bicyclic) bond motifs is 3. The zero-order valence-electron chi connectivity index (χ0n) is 17.0. The van der Waals surface area contributed by atoms with Gasteiger partial charge in [0.25, 0.3) is 0 Å². The third-order valence-corrected chi connectivity index (χ3v) is 6.63. The molecule has 0 amide bonds. The lowest BCUT2D eigenvalue weighted by Gasteiger charge is -2.38. The van der Waals surface area contributed by atoms with E-state index >= 15 is 0 Å². The molecule has 0 radical (unpaired) electrons. The van der Waals surface area contributed by atoms with Gasteiger partial charge in [-0.05, 0) is 56.1 Å². The number of benzene rings is 1. The third kappa shape index (κ3) is 2.70. The molecule has 1 fully saturated rings. The van der Waals surface area contributed by atoms with E-state index in [1.54, 1.807) is 0 Å². The van der Waals surface area contributed by atoms with Crippen molar-refractivity contribution in [1.82, 2.24) is 24.8 Å². The van der Waals surface area contributed by atoms with Crippen LogP contribution in [0.15, 0.2) is 48.7 Å². The van der Waals surface area contributed by atoms with Crippen LogP contribution in [0, 0.1) is 6.92 Å². The standard InChI is InChI=1S/C24H23N5O/c1-15-6-5-13-25-19(15)14-30-24-21-17-11-9-16(10-12-17)20(21)23-27-26-22(29(23)28-24)18-7-3-2-4-8-18/h2-8,13,16-17H,9-12,14H2,1H3. The second kappa shape index (κ2) is 6.90. The van der Waals surface area contributed by atoms with Gasteiger partial charge in [-0.2, -0.15) is 4.52 Å². The van der Waals surface area contributed by atoms with Crippen LogP contribution in [0.3, 0.4) is 0 Å². The van der Waals surface area contributed by atoms with Gasteiger partial charge >= 0.3 is 0 Å². The maximum Gasteiger partial charge on any atom is 0.236 e. The number of aromatic nitrogens is 5. The minimum atomic E-state index is 0.414. The summed E-state index contributed by atoms with van der Waals surface area (Å²) in [5.41, 5.74) is 6.52. The molecule has 150 valence electrons. The Morgan fingerprint density at radius 3 is 2.47 bits per heavy atom. The molecule has 6 nitrogen and oxygen atoms in total. The number of ether oxygens (including phenoxy) is 1. The van der Waals surface area contributed by atoms with E-state index in [0.717, 1.165) is 28.3 Å². The Bertz CT molecular complexity index is 1230. The molecule has 1 aromatic carbocycles. The Morgan fingerprint density at radius 2 is 1.70 bits per heavy atom. The van der Waals surface area contributed by atoms with Crippen LogP contribution in [0.25, 0.3) is 17.0 Å². The zero-order valence-corrected chi connectivity index (χ0v) is 17.0. The fraction of sp³-hybridized carbons (Fsp3) is 0.333. The Labute approximate surface area is 175 Å². The van der Waals surface area contributed by atoms with E-state index in [1.165, 1.54) is 36.8 Å². The number of aryl methyl sites for hydroxylation is 1. The highest BCUT2D eigenvalue weighted by molar-refractivity contribution is 5.65. The molecule has 0 N–H and O–H groups in total. The Morgan fingerprint density at radius 1 is 0.933 bits per heavy atom. The van der Waals surface area contributed by atoms with Gasteiger partial charge in [0.2, 0.25) is 5.88 Å². The fourth-order valence-electron chi connectivity index (χ4n) is 5.07. The van der Waals surface area contributed by atoms with Crippen LogP contribution in [0.1, 0.15) is 59.9 Å². The summed E-state index contributed by atoms with van der Waals surface area (Å²) in [5, 5.41) is 14.0. The van der Waals surface area contributed by atoms with Crippen molar-refractivity contribution in [1.29, 1.82) is 0 Å². The number of nitrogens with zero attached hydrogens (tertiary/aromatic N) is 5. The molecule has 0 unspecified atom stereocenters. The van der Waals surface area contributed by atoms with E-state index in [2.05, 4.69) is 28.2 Å². The van der Waals surface area contributed by atoms with Crippen LogP contribution in [0.5, 0.6) is 5.88 Å². The largest absolute Gasteiger partial charge is 0.470 e. The minimum absolute atomic E-state index is 0.414. The zero-order chi connectivity index (χ0) is 20.1. The number of hydrogen-bond acceptors (Lipinski definition) is 5. The molecule has 7 rings (SSSR count). The second-order valence-electron chi connectivity index (χ2n) is 8.36. The molecular formula is C24H23N5O. The van der Waals surface area contributed by atoms with Gasteiger partial charge in [0.1, 0.15) is 6.61 Å². The summed E-state index contributed by atoms with van der Waals surface area (Å²) >= 11 is 0. The Balaban J connectivity index is 1.51. The maximum atomic E-state index is 6.34. The highest BCUT2D eigenvalue weighted by atomic mass is 16.5. The van der Waals surface area contributed by atoms with Gasteiger partial charge in [-0.3, -0.25) is 4.98 Å². The van der Waals surface area contributed by atoms with Crippen LogP contribution in [0.2, 0.25) is 0 Å². The van der Waals surface area contributed by atoms with Crippen molar-refractivity contribution in [2.24, 2.45) is 0 Å². The van der Waals surface area contributed by atoms with Crippen molar-refractivity contribution in [3.8, 4) is 17.3 Å². The lowest BCUT2D eigenvalue weighted by Crippen LogP contribution is -2.25. The van der Waals surface area contributed by atoms with Crippen LogP contribution < -0.4 is 4.74 Å². The molecule has 3 aromatic heterocycles. The molecule has 2 bridgehead atoms. The lowest BCUT2D eigenvalue weighted by atomic mass is 9.67. The van der Waals surface area contributed by atoms with Gasteiger partial charge < -0.3 is 4.74 Å². The van der Waals surface area contributed by atoms with Gasteiger partial charge in [0.15, 0.2) is 11.5 Å². The fourth-order valence-corrected chi connectivity index (χ4v) is 5.07. The highest BCUT2D eigenvalue weighted by Crippen LogP contribution is 2.53. The van der Waals surface area contributed by atoms with E-state index in [-0.39, 0.29) is 0 Å². The van der Waals surface area contributed by atoms with Crippen molar-refractivity contribution in [3.05, 3.63) is 71.0 Å². The molecule has 6 heteroatoms. The molecule has 0 aliphatic heterocycles. The van der Waals surface area contributed by atoms with Crippen LogP contribution >= 0.6 is 0 Å². The monoisotopic (exact) mass is 397 g/mol. The molecule has 3 heterocycles.